The van der Waals surface area contributed by atoms with E-state index in [9.17, 15) is 13.9 Å². The van der Waals surface area contributed by atoms with Gasteiger partial charge in [0.25, 0.3) is 0 Å². The molecule has 100 valence electrons. The number of hydrogen-bond donors (Lipinski definition) is 1. The van der Waals surface area contributed by atoms with E-state index in [4.69, 9.17) is 0 Å². The number of pyridine rings is 1. The van der Waals surface area contributed by atoms with Crippen LogP contribution in [-0.2, 0) is 0 Å². The summed E-state index contributed by atoms with van der Waals surface area (Å²) in [6, 6.07) is 7.20. The number of rotatable bonds is 4. The lowest BCUT2D eigenvalue weighted by atomic mass is 10.1. The third-order valence-corrected chi connectivity index (χ3v) is 3.62. The molecule has 19 heavy (non-hydrogen) atoms. The molecule has 0 spiro atoms. The highest BCUT2D eigenvalue weighted by Crippen LogP contribution is 2.24. The minimum absolute atomic E-state index is 0.334. The number of hydrogen-bond acceptors (Lipinski definition) is 3. The Morgan fingerprint density at radius 1 is 1.21 bits per heavy atom. The van der Waals surface area contributed by atoms with E-state index in [0.29, 0.717) is 11.3 Å². The molecule has 0 radical (unpaired) electrons. The second-order valence-corrected chi connectivity index (χ2v) is 5.21. The summed E-state index contributed by atoms with van der Waals surface area (Å²) in [4.78, 5) is 4.19. The first-order valence-electron chi connectivity index (χ1n) is 5.75. The molecule has 1 aromatic carbocycles. The number of aryl methyl sites for hydroxylation is 1. The van der Waals surface area contributed by atoms with Crippen molar-refractivity contribution >= 4 is 11.8 Å². The van der Waals surface area contributed by atoms with Crippen molar-refractivity contribution in [2.45, 2.75) is 18.1 Å². The molecule has 0 fully saturated rings. The van der Waals surface area contributed by atoms with Crippen LogP contribution < -0.4 is 0 Å². The molecule has 0 saturated carbocycles. The lowest BCUT2D eigenvalue weighted by Crippen LogP contribution is -2.02. The molecule has 0 aliphatic heterocycles. The number of aromatic nitrogens is 1. The van der Waals surface area contributed by atoms with Crippen LogP contribution in [0.25, 0.3) is 0 Å². The van der Waals surface area contributed by atoms with Crippen molar-refractivity contribution in [1.29, 1.82) is 0 Å². The Bertz CT molecular complexity index is 560. The van der Waals surface area contributed by atoms with Gasteiger partial charge in [0.1, 0.15) is 0 Å². The van der Waals surface area contributed by atoms with E-state index < -0.39 is 17.7 Å². The van der Waals surface area contributed by atoms with Crippen LogP contribution in [-0.4, -0.2) is 15.8 Å². The molecule has 0 saturated heterocycles. The third-order valence-electron chi connectivity index (χ3n) is 2.60. The molecular weight excluding hydrogens is 268 g/mol. The zero-order valence-corrected chi connectivity index (χ0v) is 11.1. The summed E-state index contributed by atoms with van der Waals surface area (Å²) < 4.78 is 25.8. The molecule has 1 atom stereocenters. The fraction of sp³-hybridized carbons (Fsp3) is 0.214. The summed E-state index contributed by atoms with van der Waals surface area (Å²) in [7, 11) is 0. The highest BCUT2D eigenvalue weighted by molar-refractivity contribution is 7.99. The number of thioether (sulfide) groups is 1. The van der Waals surface area contributed by atoms with Crippen molar-refractivity contribution < 1.29 is 13.9 Å². The smallest absolute Gasteiger partial charge is 0.159 e. The van der Waals surface area contributed by atoms with Gasteiger partial charge in [-0.15, -0.1) is 11.8 Å². The predicted molar refractivity (Wildman–Crippen MR) is 71.0 cm³/mol. The Hall–Kier alpha value is -1.46. The van der Waals surface area contributed by atoms with Crippen LogP contribution in [0.15, 0.2) is 41.6 Å². The third kappa shape index (κ3) is 3.75. The van der Waals surface area contributed by atoms with Crippen LogP contribution in [0, 0.1) is 18.6 Å². The highest BCUT2D eigenvalue weighted by Gasteiger charge is 2.11. The Kier molecular flexibility index (Phi) is 4.50. The van der Waals surface area contributed by atoms with Crippen LogP contribution in [0.1, 0.15) is 17.2 Å². The van der Waals surface area contributed by atoms with Crippen LogP contribution in [0.3, 0.4) is 0 Å². The molecule has 1 N–H and O–H groups in total. The van der Waals surface area contributed by atoms with E-state index in [-0.39, 0.29) is 0 Å². The Labute approximate surface area is 114 Å². The summed E-state index contributed by atoms with van der Waals surface area (Å²) in [5.74, 6) is -1.53. The lowest BCUT2D eigenvalue weighted by molar-refractivity contribution is 0.203. The Morgan fingerprint density at radius 3 is 2.63 bits per heavy atom. The van der Waals surface area contributed by atoms with Gasteiger partial charge in [0.05, 0.1) is 11.1 Å². The van der Waals surface area contributed by atoms with E-state index >= 15 is 0 Å². The van der Waals surface area contributed by atoms with Crippen LogP contribution in [0.5, 0.6) is 0 Å². The molecule has 0 aliphatic rings. The topological polar surface area (TPSA) is 33.1 Å². The first-order valence-corrected chi connectivity index (χ1v) is 6.73. The Balaban J connectivity index is 1.98. The molecule has 1 unspecified atom stereocenters. The molecule has 2 aromatic rings. The van der Waals surface area contributed by atoms with Crippen molar-refractivity contribution in [3.63, 3.8) is 0 Å². The first-order chi connectivity index (χ1) is 9.06. The number of aliphatic hydroxyl groups is 1. The zero-order chi connectivity index (χ0) is 13.8. The molecule has 1 heterocycles. The van der Waals surface area contributed by atoms with Gasteiger partial charge in [-0.2, -0.15) is 0 Å². The van der Waals surface area contributed by atoms with Gasteiger partial charge < -0.3 is 5.11 Å². The average molecular weight is 281 g/mol. The molecule has 1 aromatic heterocycles. The van der Waals surface area contributed by atoms with Gasteiger partial charge in [0, 0.05) is 11.9 Å². The normalized spacial score (nSPS) is 12.4. The molecule has 0 bridgehead atoms. The van der Waals surface area contributed by atoms with Gasteiger partial charge in [-0.25, -0.2) is 13.8 Å². The average Bonchev–Trinajstić information content (AvgIpc) is 2.41. The zero-order valence-electron chi connectivity index (χ0n) is 10.3. The van der Waals surface area contributed by atoms with Crippen molar-refractivity contribution in [2.24, 2.45) is 0 Å². The fourth-order valence-electron chi connectivity index (χ4n) is 1.52. The van der Waals surface area contributed by atoms with Crippen molar-refractivity contribution in [3.8, 4) is 0 Å². The largest absolute Gasteiger partial charge is 0.388 e. The van der Waals surface area contributed by atoms with Gasteiger partial charge in [0.2, 0.25) is 0 Å². The van der Waals surface area contributed by atoms with Gasteiger partial charge in [-0.3, -0.25) is 0 Å². The number of halogens is 2. The van der Waals surface area contributed by atoms with Crippen molar-refractivity contribution in [2.75, 3.05) is 5.75 Å². The molecule has 0 amide bonds. The van der Waals surface area contributed by atoms with Gasteiger partial charge in [-0.1, -0.05) is 12.1 Å². The molecule has 2 rings (SSSR count). The van der Waals surface area contributed by atoms with E-state index in [2.05, 4.69) is 4.98 Å². The van der Waals surface area contributed by atoms with Gasteiger partial charge in [0.15, 0.2) is 11.6 Å². The summed E-state index contributed by atoms with van der Waals surface area (Å²) in [6.07, 6.45) is 0.884. The maximum absolute atomic E-state index is 13.0. The molecule has 0 aliphatic carbocycles. The monoisotopic (exact) mass is 281 g/mol. The SMILES string of the molecule is Cc1ccc(SCC(O)c2ccc(F)c(F)c2)nc1. The molecule has 2 nitrogen and oxygen atoms in total. The van der Waals surface area contributed by atoms with Crippen LogP contribution in [0.4, 0.5) is 8.78 Å². The summed E-state index contributed by atoms with van der Waals surface area (Å²) >= 11 is 1.36. The predicted octanol–water partition coefficient (Wildman–Crippen LogP) is 3.49. The molecule has 5 heteroatoms. The summed E-state index contributed by atoms with van der Waals surface area (Å²) in [5.41, 5.74) is 1.42. The quantitative estimate of drug-likeness (QED) is 0.871. The standard InChI is InChI=1S/C14H13F2NOS/c1-9-2-5-14(17-7-9)19-8-13(18)10-3-4-11(15)12(16)6-10/h2-7,13,18H,8H2,1H3. The van der Waals surface area contributed by atoms with Crippen LogP contribution in [0.2, 0.25) is 0 Å². The highest BCUT2D eigenvalue weighted by atomic mass is 32.2. The van der Waals surface area contributed by atoms with E-state index in [1.165, 1.54) is 17.8 Å². The summed E-state index contributed by atoms with van der Waals surface area (Å²) in [6.45, 7) is 1.94. The second-order valence-electron chi connectivity index (χ2n) is 4.17. The van der Waals surface area contributed by atoms with E-state index in [0.717, 1.165) is 22.7 Å². The number of benzene rings is 1. The number of aliphatic hydroxyl groups excluding tert-OH is 1. The minimum Gasteiger partial charge on any atom is -0.388 e. The summed E-state index contributed by atoms with van der Waals surface area (Å²) in [5, 5.41) is 10.7. The van der Waals surface area contributed by atoms with Gasteiger partial charge in [-0.05, 0) is 36.2 Å². The minimum atomic E-state index is -0.949. The molecular formula is C14H13F2NOS. The first kappa shape index (κ1) is 14.0. The maximum Gasteiger partial charge on any atom is 0.159 e. The van der Waals surface area contributed by atoms with Gasteiger partial charge >= 0.3 is 0 Å². The lowest BCUT2D eigenvalue weighted by Gasteiger charge is -2.10. The number of nitrogens with zero attached hydrogens (tertiary/aromatic N) is 1. The van der Waals surface area contributed by atoms with Crippen molar-refractivity contribution in [3.05, 3.63) is 59.3 Å². The van der Waals surface area contributed by atoms with Crippen molar-refractivity contribution in [1.82, 2.24) is 4.98 Å². The van der Waals surface area contributed by atoms with E-state index in [1.54, 1.807) is 6.20 Å². The fourth-order valence-corrected chi connectivity index (χ4v) is 2.33. The van der Waals surface area contributed by atoms with Crippen LogP contribution >= 0.6 is 11.8 Å². The van der Waals surface area contributed by atoms with E-state index in [1.807, 2.05) is 19.1 Å². The second kappa shape index (κ2) is 6.12. The Morgan fingerprint density at radius 2 is 2.00 bits per heavy atom. The maximum atomic E-state index is 13.0.